The van der Waals surface area contributed by atoms with Crippen molar-refractivity contribution in [3.05, 3.63) is 53.3 Å². The fourth-order valence-electron chi connectivity index (χ4n) is 3.03. The molecular weight excluding hydrogens is 285 g/mol. The van der Waals surface area contributed by atoms with E-state index in [-0.39, 0.29) is 24.1 Å². The second-order valence-electron chi connectivity index (χ2n) is 5.41. The Morgan fingerprint density at radius 3 is 2.55 bits per heavy atom. The molecule has 2 heterocycles. The molecule has 2 aromatic rings. The van der Waals surface area contributed by atoms with E-state index in [1.807, 2.05) is 6.07 Å². The van der Waals surface area contributed by atoms with Crippen LogP contribution in [0.5, 0.6) is 11.5 Å². The number of halogens is 1. The summed E-state index contributed by atoms with van der Waals surface area (Å²) in [7, 11) is 0. The Morgan fingerprint density at radius 1 is 1.05 bits per heavy atom. The van der Waals surface area contributed by atoms with E-state index in [1.54, 1.807) is 24.3 Å². The van der Waals surface area contributed by atoms with Gasteiger partial charge in [0.1, 0.15) is 19.0 Å². The molecule has 2 aliphatic heterocycles. The van der Waals surface area contributed by atoms with Crippen LogP contribution in [0.3, 0.4) is 0 Å². The highest BCUT2D eigenvalue weighted by molar-refractivity contribution is 5.96. The van der Waals surface area contributed by atoms with Crippen molar-refractivity contribution in [3.8, 4) is 11.5 Å². The van der Waals surface area contributed by atoms with E-state index in [0.29, 0.717) is 36.0 Å². The van der Waals surface area contributed by atoms with Gasteiger partial charge in [0.05, 0.1) is 0 Å². The lowest BCUT2D eigenvalue weighted by Gasteiger charge is -2.29. The smallest absolute Gasteiger partial charge is 0.225 e. The van der Waals surface area contributed by atoms with E-state index < -0.39 is 0 Å². The van der Waals surface area contributed by atoms with Crippen molar-refractivity contribution in [2.75, 3.05) is 18.5 Å². The number of ether oxygens (including phenoxy) is 2. The number of carbonyl (C=O) groups excluding carboxylic acids is 1. The SMILES string of the molecule is O=C1CC(c2ccccc2F)c2cc3c(cc2N1)OCCO3. The molecule has 0 saturated heterocycles. The number of benzene rings is 2. The molecule has 112 valence electrons. The number of amides is 1. The quantitative estimate of drug-likeness (QED) is 0.880. The van der Waals surface area contributed by atoms with Crippen LogP contribution in [-0.4, -0.2) is 19.1 Å². The summed E-state index contributed by atoms with van der Waals surface area (Å²) >= 11 is 0. The molecule has 0 aromatic heterocycles. The third-order valence-electron chi connectivity index (χ3n) is 4.03. The van der Waals surface area contributed by atoms with Gasteiger partial charge in [-0.15, -0.1) is 0 Å². The van der Waals surface area contributed by atoms with Crippen molar-refractivity contribution in [3.63, 3.8) is 0 Å². The minimum Gasteiger partial charge on any atom is -0.486 e. The Kier molecular flexibility index (Phi) is 2.99. The van der Waals surface area contributed by atoms with Crippen molar-refractivity contribution >= 4 is 11.6 Å². The van der Waals surface area contributed by atoms with E-state index >= 15 is 0 Å². The first-order chi connectivity index (χ1) is 10.7. The maximum absolute atomic E-state index is 14.1. The minimum atomic E-state index is -0.319. The molecule has 4 nitrogen and oxygen atoms in total. The first kappa shape index (κ1) is 13.1. The molecule has 0 bridgehead atoms. The van der Waals surface area contributed by atoms with Crippen molar-refractivity contribution in [1.29, 1.82) is 0 Å². The summed E-state index contributed by atoms with van der Waals surface area (Å²) in [6.07, 6.45) is 0.216. The molecule has 2 aliphatic rings. The fraction of sp³-hybridized carbons (Fsp3) is 0.235. The third-order valence-corrected chi connectivity index (χ3v) is 4.03. The summed E-state index contributed by atoms with van der Waals surface area (Å²) in [6, 6.07) is 10.2. The third kappa shape index (κ3) is 2.09. The van der Waals surface area contributed by atoms with Gasteiger partial charge in [-0.2, -0.15) is 0 Å². The number of anilines is 1. The van der Waals surface area contributed by atoms with Crippen LogP contribution in [-0.2, 0) is 4.79 Å². The van der Waals surface area contributed by atoms with Gasteiger partial charge < -0.3 is 14.8 Å². The van der Waals surface area contributed by atoms with Gasteiger partial charge in [-0.3, -0.25) is 4.79 Å². The van der Waals surface area contributed by atoms with Crippen LogP contribution in [0.4, 0.5) is 10.1 Å². The van der Waals surface area contributed by atoms with Gasteiger partial charge in [0.2, 0.25) is 5.91 Å². The van der Waals surface area contributed by atoms with Crippen LogP contribution in [0.25, 0.3) is 0 Å². The lowest BCUT2D eigenvalue weighted by atomic mass is 9.84. The van der Waals surface area contributed by atoms with Crippen molar-refractivity contribution in [2.45, 2.75) is 12.3 Å². The van der Waals surface area contributed by atoms with Crippen molar-refractivity contribution in [2.24, 2.45) is 0 Å². The van der Waals surface area contributed by atoms with E-state index in [1.165, 1.54) is 6.07 Å². The molecule has 0 radical (unpaired) electrons. The van der Waals surface area contributed by atoms with E-state index in [2.05, 4.69) is 5.32 Å². The van der Waals surface area contributed by atoms with Crippen LogP contribution >= 0.6 is 0 Å². The molecule has 0 fully saturated rings. The summed E-state index contributed by atoms with van der Waals surface area (Å²) in [5, 5.41) is 2.83. The molecule has 1 amide bonds. The van der Waals surface area contributed by atoms with Gasteiger partial charge in [0.25, 0.3) is 0 Å². The van der Waals surface area contributed by atoms with Crippen LogP contribution in [0.15, 0.2) is 36.4 Å². The standard InChI is InChI=1S/C17H14FNO3/c18-13-4-2-1-3-10(13)11-8-17(20)19-14-9-16-15(7-12(11)14)21-5-6-22-16/h1-4,7,9,11H,5-6,8H2,(H,19,20). The number of rotatable bonds is 1. The number of fused-ring (bicyclic) bond motifs is 2. The summed E-state index contributed by atoms with van der Waals surface area (Å²) in [6.45, 7) is 0.971. The molecule has 1 N–H and O–H groups in total. The second kappa shape index (κ2) is 5.02. The summed E-state index contributed by atoms with van der Waals surface area (Å²) in [4.78, 5) is 12.0. The van der Waals surface area contributed by atoms with Crippen molar-refractivity contribution < 1.29 is 18.7 Å². The van der Waals surface area contributed by atoms with Gasteiger partial charge in [-0.1, -0.05) is 18.2 Å². The average molecular weight is 299 g/mol. The van der Waals surface area contributed by atoms with Crippen LogP contribution in [0.2, 0.25) is 0 Å². The number of hydrogen-bond donors (Lipinski definition) is 1. The number of carbonyl (C=O) groups is 1. The summed E-state index contributed by atoms with van der Waals surface area (Å²) in [5.41, 5.74) is 2.04. The Bertz CT molecular complexity index is 760. The normalized spacial score (nSPS) is 19.3. The highest BCUT2D eigenvalue weighted by Crippen LogP contribution is 2.44. The highest BCUT2D eigenvalue weighted by atomic mass is 19.1. The van der Waals surface area contributed by atoms with Crippen LogP contribution in [0.1, 0.15) is 23.5 Å². The van der Waals surface area contributed by atoms with Crippen LogP contribution in [0, 0.1) is 5.82 Å². The van der Waals surface area contributed by atoms with Crippen molar-refractivity contribution in [1.82, 2.24) is 0 Å². The maximum Gasteiger partial charge on any atom is 0.225 e. The number of hydrogen-bond acceptors (Lipinski definition) is 3. The topological polar surface area (TPSA) is 47.6 Å². The molecule has 5 heteroatoms. The van der Waals surface area contributed by atoms with E-state index in [9.17, 15) is 9.18 Å². The molecule has 1 atom stereocenters. The first-order valence-corrected chi connectivity index (χ1v) is 7.20. The molecule has 0 spiro atoms. The fourth-order valence-corrected chi connectivity index (χ4v) is 3.03. The number of nitrogens with one attached hydrogen (secondary N) is 1. The molecule has 22 heavy (non-hydrogen) atoms. The monoisotopic (exact) mass is 299 g/mol. The Balaban J connectivity index is 1.86. The zero-order chi connectivity index (χ0) is 15.1. The molecule has 4 rings (SSSR count). The molecule has 0 aliphatic carbocycles. The Morgan fingerprint density at radius 2 is 1.77 bits per heavy atom. The zero-order valence-corrected chi connectivity index (χ0v) is 11.8. The predicted octanol–water partition coefficient (Wildman–Crippen LogP) is 3.07. The lowest BCUT2D eigenvalue weighted by Crippen LogP contribution is -2.25. The predicted molar refractivity (Wildman–Crippen MR) is 78.9 cm³/mol. The average Bonchev–Trinajstić information content (AvgIpc) is 2.53. The summed E-state index contributed by atoms with van der Waals surface area (Å²) < 4.78 is 25.3. The van der Waals surface area contributed by atoms with Gasteiger partial charge in [-0.25, -0.2) is 4.39 Å². The zero-order valence-electron chi connectivity index (χ0n) is 11.8. The summed E-state index contributed by atoms with van der Waals surface area (Å²) in [5.74, 6) is 0.503. The molecule has 0 saturated carbocycles. The largest absolute Gasteiger partial charge is 0.486 e. The van der Waals surface area contributed by atoms with Gasteiger partial charge in [0, 0.05) is 24.1 Å². The maximum atomic E-state index is 14.1. The first-order valence-electron chi connectivity index (χ1n) is 7.20. The molecule has 2 aromatic carbocycles. The van der Waals surface area contributed by atoms with E-state index in [4.69, 9.17) is 9.47 Å². The van der Waals surface area contributed by atoms with Gasteiger partial charge >= 0.3 is 0 Å². The Labute approximate surface area is 126 Å². The van der Waals surface area contributed by atoms with Gasteiger partial charge in [0.15, 0.2) is 11.5 Å². The van der Waals surface area contributed by atoms with Crippen LogP contribution < -0.4 is 14.8 Å². The highest BCUT2D eigenvalue weighted by Gasteiger charge is 2.30. The van der Waals surface area contributed by atoms with Gasteiger partial charge in [-0.05, 0) is 23.3 Å². The molecule has 1 unspecified atom stereocenters. The lowest BCUT2D eigenvalue weighted by molar-refractivity contribution is -0.116. The van der Waals surface area contributed by atoms with E-state index in [0.717, 1.165) is 5.56 Å². The molecular formula is C17H14FNO3. The second-order valence-corrected chi connectivity index (χ2v) is 5.41. The minimum absolute atomic E-state index is 0.127. The Hall–Kier alpha value is -2.56.